The highest BCUT2D eigenvalue weighted by Gasteiger charge is 2.27. The lowest BCUT2D eigenvalue weighted by Gasteiger charge is -2.25. The lowest BCUT2D eigenvalue weighted by atomic mass is 10.0. The number of hydrogen-bond donors (Lipinski definition) is 3. The fraction of sp³-hybridized carbons (Fsp3) is 0.865. The highest BCUT2D eigenvalue weighted by molar-refractivity contribution is 7.47. The van der Waals surface area contributed by atoms with Gasteiger partial charge in [-0.1, -0.05) is 211 Å². The van der Waals surface area contributed by atoms with Crippen LogP contribution in [0.5, 0.6) is 0 Å². The lowest BCUT2D eigenvalue weighted by molar-refractivity contribution is -0.870. The third kappa shape index (κ3) is 46.5. The zero-order chi connectivity index (χ0) is 45.0. The van der Waals surface area contributed by atoms with Crippen molar-refractivity contribution in [2.24, 2.45) is 0 Å². The van der Waals surface area contributed by atoms with Crippen LogP contribution in [0.3, 0.4) is 0 Å². The summed E-state index contributed by atoms with van der Waals surface area (Å²) in [7, 11) is 1.56. The number of likely N-dealkylation sites (N-methyl/N-ethyl adjacent to an activating group) is 1. The average molecular weight is 882 g/mol. The maximum atomic E-state index is 12.9. The summed E-state index contributed by atoms with van der Waals surface area (Å²) < 4.78 is 23.6. The maximum Gasteiger partial charge on any atom is 0.472 e. The van der Waals surface area contributed by atoms with Crippen molar-refractivity contribution in [3.05, 3.63) is 36.5 Å². The van der Waals surface area contributed by atoms with Crippen molar-refractivity contribution < 1.29 is 32.9 Å². The maximum absolute atomic E-state index is 12.9. The molecule has 3 atom stereocenters. The van der Waals surface area contributed by atoms with Gasteiger partial charge in [-0.3, -0.25) is 13.8 Å². The first kappa shape index (κ1) is 59.7. The Balaban J connectivity index is 4.36. The Bertz CT molecular complexity index is 1090. The summed E-state index contributed by atoms with van der Waals surface area (Å²) in [4.78, 5) is 23.2. The number of phosphoric acid groups is 1. The number of hydrogen-bond acceptors (Lipinski definition) is 5. The fourth-order valence-corrected chi connectivity index (χ4v) is 8.20. The third-order valence-corrected chi connectivity index (χ3v) is 12.6. The normalized spacial score (nSPS) is 14.4. The summed E-state index contributed by atoms with van der Waals surface area (Å²) in [6.07, 6.45) is 55.1. The Kier molecular flexibility index (Phi) is 43.0. The predicted octanol–water partition coefficient (Wildman–Crippen LogP) is 15.0. The molecule has 3 N–H and O–H groups in total. The average Bonchev–Trinajstić information content (AvgIpc) is 3.21. The van der Waals surface area contributed by atoms with Crippen LogP contribution in [-0.4, -0.2) is 73.4 Å². The van der Waals surface area contributed by atoms with E-state index in [-0.39, 0.29) is 19.1 Å². The fourth-order valence-electron chi connectivity index (χ4n) is 7.46. The summed E-state index contributed by atoms with van der Waals surface area (Å²) in [5.41, 5.74) is 0. The number of unbranched alkanes of at least 4 members (excludes halogenated alkanes) is 30. The second-order valence-electron chi connectivity index (χ2n) is 18.9. The minimum atomic E-state index is -4.35. The van der Waals surface area contributed by atoms with Crippen LogP contribution >= 0.6 is 7.82 Å². The number of phosphoric ester groups is 1. The molecule has 3 unspecified atom stereocenters. The van der Waals surface area contributed by atoms with Crippen LogP contribution in [-0.2, 0) is 18.4 Å². The molecule has 61 heavy (non-hydrogen) atoms. The van der Waals surface area contributed by atoms with Crippen LogP contribution in [0.4, 0.5) is 0 Å². The van der Waals surface area contributed by atoms with Gasteiger partial charge in [-0.05, 0) is 57.8 Å². The van der Waals surface area contributed by atoms with Crippen molar-refractivity contribution in [3.8, 4) is 0 Å². The van der Waals surface area contributed by atoms with Gasteiger partial charge < -0.3 is 19.8 Å². The van der Waals surface area contributed by atoms with Crippen molar-refractivity contribution in [1.29, 1.82) is 0 Å². The molecule has 0 heterocycles. The number of quaternary nitrogens is 1. The van der Waals surface area contributed by atoms with Crippen LogP contribution < -0.4 is 5.32 Å². The van der Waals surface area contributed by atoms with Crippen LogP contribution in [0.15, 0.2) is 36.5 Å². The zero-order valence-corrected chi connectivity index (χ0v) is 41.8. The highest BCUT2D eigenvalue weighted by atomic mass is 31.2. The molecule has 0 aliphatic rings. The summed E-state index contributed by atoms with van der Waals surface area (Å²) in [6.45, 7) is 4.81. The van der Waals surface area contributed by atoms with E-state index in [9.17, 15) is 19.4 Å². The number of aliphatic hydroxyl groups excluding tert-OH is 1. The number of amides is 1. The molecule has 8 nitrogen and oxygen atoms in total. The van der Waals surface area contributed by atoms with Crippen molar-refractivity contribution in [1.82, 2.24) is 5.32 Å². The number of carbonyl (C=O) groups is 1. The van der Waals surface area contributed by atoms with E-state index in [1.54, 1.807) is 6.08 Å². The summed E-state index contributed by atoms with van der Waals surface area (Å²) in [6, 6.07) is -0.864. The van der Waals surface area contributed by atoms with Gasteiger partial charge in [0.25, 0.3) is 0 Å². The van der Waals surface area contributed by atoms with Crippen molar-refractivity contribution in [2.75, 3.05) is 40.9 Å². The monoisotopic (exact) mass is 882 g/mol. The van der Waals surface area contributed by atoms with E-state index in [1.165, 1.54) is 180 Å². The van der Waals surface area contributed by atoms with Crippen LogP contribution in [0.25, 0.3) is 0 Å². The Morgan fingerprint density at radius 3 is 1.31 bits per heavy atom. The molecule has 0 fully saturated rings. The quantitative estimate of drug-likeness (QED) is 0.0243. The van der Waals surface area contributed by atoms with E-state index < -0.39 is 20.0 Å². The number of aliphatic hydroxyl groups is 1. The lowest BCUT2D eigenvalue weighted by Crippen LogP contribution is -2.45. The molecule has 0 radical (unpaired) electrons. The molecule has 0 saturated heterocycles. The zero-order valence-electron chi connectivity index (χ0n) is 40.9. The molecule has 0 aromatic heterocycles. The summed E-state index contributed by atoms with van der Waals surface area (Å²) >= 11 is 0. The van der Waals surface area contributed by atoms with Gasteiger partial charge in [0, 0.05) is 6.42 Å². The van der Waals surface area contributed by atoms with Crippen molar-refractivity contribution in [2.45, 2.75) is 251 Å². The van der Waals surface area contributed by atoms with Gasteiger partial charge in [-0.15, -0.1) is 0 Å². The Hall–Kier alpha value is -1.28. The number of carbonyl (C=O) groups excluding carboxylic acids is 1. The molecular weight excluding hydrogens is 780 g/mol. The topological polar surface area (TPSA) is 105 Å². The van der Waals surface area contributed by atoms with E-state index in [1.807, 2.05) is 27.2 Å². The first-order valence-corrected chi connectivity index (χ1v) is 27.4. The molecule has 9 heteroatoms. The van der Waals surface area contributed by atoms with Crippen LogP contribution in [0, 0.1) is 0 Å². The standard InChI is InChI=1S/C52H101N2O6P/c1-6-8-10-12-14-16-18-20-22-24-26-27-28-29-31-33-35-37-39-41-43-45-51(55)50(49-60-61(57,58)59-48-47-54(3,4)5)53-52(56)46-44-42-40-38-36-34-32-30-25-23-21-19-17-15-13-11-9-7-2/h23,25,35,37,43,45,50-51,55H,6-22,24,26-34,36,38-42,44,46-49H2,1-5H3,(H-,53,56,57,58)/p+1/b25-23-,37-35+,45-43+. The van der Waals surface area contributed by atoms with Crippen molar-refractivity contribution >= 4 is 13.7 Å². The van der Waals surface area contributed by atoms with Gasteiger partial charge in [0.15, 0.2) is 0 Å². The molecule has 0 aromatic carbocycles. The first-order chi connectivity index (χ1) is 29.5. The van der Waals surface area contributed by atoms with Gasteiger partial charge in [-0.25, -0.2) is 4.57 Å². The van der Waals surface area contributed by atoms with Gasteiger partial charge >= 0.3 is 7.82 Å². The highest BCUT2D eigenvalue weighted by Crippen LogP contribution is 2.43. The first-order valence-electron chi connectivity index (χ1n) is 25.9. The number of rotatable bonds is 47. The van der Waals surface area contributed by atoms with Crippen LogP contribution in [0.1, 0.15) is 239 Å². The SMILES string of the molecule is CCCCCCCCC/C=C\CCCCCCCCCC(=O)NC(COP(=O)(O)OCC[N+](C)(C)C)C(O)/C=C/CC/C=C/CCCCCCCCCCCCCCCCC. The molecule has 0 spiro atoms. The van der Waals surface area contributed by atoms with E-state index in [4.69, 9.17) is 9.05 Å². The van der Waals surface area contributed by atoms with Gasteiger partial charge in [-0.2, -0.15) is 0 Å². The molecule has 0 aliphatic heterocycles. The number of nitrogens with zero attached hydrogens (tertiary/aromatic N) is 1. The molecule has 0 rings (SSSR count). The predicted molar refractivity (Wildman–Crippen MR) is 263 cm³/mol. The van der Waals surface area contributed by atoms with Gasteiger partial charge in [0.2, 0.25) is 5.91 Å². The molecule has 1 amide bonds. The third-order valence-electron chi connectivity index (χ3n) is 11.6. The Morgan fingerprint density at radius 1 is 0.541 bits per heavy atom. The minimum absolute atomic E-state index is 0.0557. The number of allylic oxidation sites excluding steroid dienone is 5. The Morgan fingerprint density at radius 2 is 0.902 bits per heavy atom. The van der Waals surface area contributed by atoms with Crippen molar-refractivity contribution in [3.63, 3.8) is 0 Å². The molecule has 0 bridgehead atoms. The second-order valence-corrected chi connectivity index (χ2v) is 20.3. The molecule has 0 aromatic rings. The largest absolute Gasteiger partial charge is 0.472 e. The second kappa shape index (κ2) is 43.9. The van der Waals surface area contributed by atoms with E-state index in [0.29, 0.717) is 17.4 Å². The smallest absolute Gasteiger partial charge is 0.387 e. The summed E-state index contributed by atoms with van der Waals surface area (Å²) in [5, 5.41) is 13.9. The van der Waals surface area contributed by atoms with Gasteiger partial charge in [0.1, 0.15) is 13.2 Å². The van der Waals surface area contributed by atoms with Crippen LogP contribution in [0.2, 0.25) is 0 Å². The molecule has 0 aliphatic carbocycles. The number of nitrogens with one attached hydrogen (secondary N) is 1. The van der Waals surface area contributed by atoms with Gasteiger partial charge in [0.05, 0.1) is 39.9 Å². The summed E-state index contributed by atoms with van der Waals surface area (Å²) in [5.74, 6) is -0.190. The van der Waals surface area contributed by atoms with E-state index in [2.05, 4.69) is 43.5 Å². The molecule has 360 valence electrons. The Labute approximate surface area is 378 Å². The van der Waals surface area contributed by atoms with E-state index >= 15 is 0 Å². The molecule has 0 saturated carbocycles. The minimum Gasteiger partial charge on any atom is -0.387 e. The molecular formula is C52H102N2O6P+. The van der Waals surface area contributed by atoms with E-state index in [0.717, 1.165) is 38.5 Å².